The zero-order chi connectivity index (χ0) is 11.8. The Morgan fingerprint density at radius 1 is 1.25 bits per heavy atom. The van der Waals surface area contributed by atoms with Crippen LogP contribution in [0, 0.1) is 0 Å². The summed E-state index contributed by atoms with van der Waals surface area (Å²) < 4.78 is 0. The SMILES string of the molecule is C=C(C)CCN(CCN)Cc1ccccc1. The molecule has 1 rings (SSSR count). The number of rotatable bonds is 7. The van der Waals surface area contributed by atoms with E-state index in [2.05, 4.69) is 42.7 Å². The summed E-state index contributed by atoms with van der Waals surface area (Å²) in [4.78, 5) is 2.38. The Bertz CT molecular complexity index is 306. The van der Waals surface area contributed by atoms with E-state index in [1.807, 2.05) is 6.07 Å². The van der Waals surface area contributed by atoms with Gasteiger partial charge in [0.15, 0.2) is 0 Å². The molecule has 2 nitrogen and oxygen atoms in total. The van der Waals surface area contributed by atoms with Gasteiger partial charge in [-0.25, -0.2) is 0 Å². The van der Waals surface area contributed by atoms with Gasteiger partial charge in [0.05, 0.1) is 0 Å². The second-order valence-corrected chi connectivity index (χ2v) is 4.26. The molecule has 0 unspecified atom stereocenters. The van der Waals surface area contributed by atoms with Gasteiger partial charge in [0, 0.05) is 26.2 Å². The lowest BCUT2D eigenvalue weighted by Gasteiger charge is -2.21. The number of hydrogen-bond acceptors (Lipinski definition) is 2. The molecule has 0 aliphatic carbocycles. The molecule has 2 heteroatoms. The van der Waals surface area contributed by atoms with Crippen LogP contribution in [0.3, 0.4) is 0 Å². The van der Waals surface area contributed by atoms with Crippen molar-refractivity contribution in [2.75, 3.05) is 19.6 Å². The maximum Gasteiger partial charge on any atom is 0.0234 e. The van der Waals surface area contributed by atoms with Crippen molar-refractivity contribution in [3.05, 3.63) is 48.0 Å². The van der Waals surface area contributed by atoms with E-state index >= 15 is 0 Å². The highest BCUT2D eigenvalue weighted by Gasteiger charge is 2.04. The molecule has 0 heterocycles. The summed E-state index contributed by atoms with van der Waals surface area (Å²) in [6.07, 6.45) is 1.05. The number of benzene rings is 1. The average Bonchev–Trinajstić information content (AvgIpc) is 2.27. The topological polar surface area (TPSA) is 29.3 Å². The maximum atomic E-state index is 5.63. The zero-order valence-electron chi connectivity index (χ0n) is 10.2. The Balaban J connectivity index is 2.47. The maximum absolute atomic E-state index is 5.63. The molecule has 0 radical (unpaired) electrons. The van der Waals surface area contributed by atoms with Gasteiger partial charge in [0.1, 0.15) is 0 Å². The van der Waals surface area contributed by atoms with Gasteiger partial charge in [0.25, 0.3) is 0 Å². The van der Waals surface area contributed by atoms with Crippen LogP contribution in [0.5, 0.6) is 0 Å². The van der Waals surface area contributed by atoms with Gasteiger partial charge in [0.2, 0.25) is 0 Å². The van der Waals surface area contributed by atoms with Gasteiger partial charge in [-0.2, -0.15) is 0 Å². The second kappa shape index (κ2) is 7.20. The molecule has 0 saturated carbocycles. The van der Waals surface area contributed by atoms with Crippen LogP contribution in [0.15, 0.2) is 42.5 Å². The van der Waals surface area contributed by atoms with E-state index in [1.165, 1.54) is 11.1 Å². The van der Waals surface area contributed by atoms with Crippen LogP contribution >= 0.6 is 0 Å². The predicted molar refractivity (Wildman–Crippen MR) is 70.2 cm³/mol. The van der Waals surface area contributed by atoms with E-state index in [0.717, 1.165) is 26.1 Å². The lowest BCUT2D eigenvalue weighted by Crippen LogP contribution is -2.30. The molecule has 0 aromatic heterocycles. The fourth-order valence-electron chi connectivity index (χ4n) is 1.64. The molecule has 2 N–H and O–H groups in total. The summed E-state index contributed by atoms with van der Waals surface area (Å²) >= 11 is 0. The van der Waals surface area contributed by atoms with Crippen molar-refractivity contribution < 1.29 is 0 Å². The van der Waals surface area contributed by atoms with Crippen molar-refractivity contribution in [2.45, 2.75) is 19.9 Å². The van der Waals surface area contributed by atoms with Crippen molar-refractivity contribution in [3.8, 4) is 0 Å². The van der Waals surface area contributed by atoms with Gasteiger partial charge in [-0.3, -0.25) is 4.90 Å². The zero-order valence-corrected chi connectivity index (χ0v) is 10.2. The second-order valence-electron chi connectivity index (χ2n) is 4.26. The first-order valence-electron chi connectivity index (χ1n) is 5.83. The molecule has 0 amide bonds. The van der Waals surface area contributed by atoms with E-state index in [1.54, 1.807) is 0 Å². The molecule has 16 heavy (non-hydrogen) atoms. The number of hydrogen-bond donors (Lipinski definition) is 1. The van der Waals surface area contributed by atoms with E-state index < -0.39 is 0 Å². The summed E-state index contributed by atoms with van der Waals surface area (Å²) in [7, 11) is 0. The molecule has 88 valence electrons. The lowest BCUT2D eigenvalue weighted by molar-refractivity contribution is 0.276. The van der Waals surface area contributed by atoms with E-state index in [0.29, 0.717) is 6.54 Å². The molecule has 0 aliphatic rings. The first-order chi connectivity index (χ1) is 7.72. The van der Waals surface area contributed by atoms with E-state index in [9.17, 15) is 0 Å². The van der Waals surface area contributed by atoms with Crippen LogP contribution in [-0.4, -0.2) is 24.5 Å². The van der Waals surface area contributed by atoms with Crippen molar-refractivity contribution >= 4 is 0 Å². The van der Waals surface area contributed by atoms with E-state index in [-0.39, 0.29) is 0 Å². The highest BCUT2D eigenvalue weighted by atomic mass is 15.1. The minimum atomic E-state index is 0.711. The summed E-state index contributed by atoms with van der Waals surface area (Å²) in [6, 6.07) is 10.5. The third-order valence-electron chi connectivity index (χ3n) is 2.55. The van der Waals surface area contributed by atoms with E-state index in [4.69, 9.17) is 5.73 Å². The Morgan fingerprint density at radius 2 is 1.94 bits per heavy atom. The fraction of sp³-hybridized carbons (Fsp3) is 0.429. The molecule has 0 bridgehead atoms. The minimum absolute atomic E-state index is 0.711. The number of nitrogens with zero attached hydrogens (tertiary/aromatic N) is 1. The third-order valence-corrected chi connectivity index (χ3v) is 2.55. The first-order valence-corrected chi connectivity index (χ1v) is 5.83. The quantitative estimate of drug-likeness (QED) is 0.712. The number of nitrogens with two attached hydrogens (primary N) is 1. The molecule has 1 aromatic carbocycles. The minimum Gasteiger partial charge on any atom is -0.329 e. The molecule has 0 fully saturated rings. The van der Waals surface area contributed by atoms with Crippen LogP contribution in [0.2, 0.25) is 0 Å². The van der Waals surface area contributed by atoms with Gasteiger partial charge >= 0.3 is 0 Å². The highest BCUT2D eigenvalue weighted by molar-refractivity contribution is 5.14. The standard InChI is InChI=1S/C14H22N2/c1-13(2)8-10-16(11-9-15)12-14-6-4-3-5-7-14/h3-7H,1,8-12,15H2,2H3. The van der Waals surface area contributed by atoms with Gasteiger partial charge in [-0.1, -0.05) is 35.9 Å². The fourth-order valence-corrected chi connectivity index (χ4v) is 1.64. The Kier molecular flexibility index (Phi) is 5.83. The monoisotopic (exact) mass is 218 g/mol. The van der Waals surface area contributed by atoms with Crippen molar-refractivity contribution in [1.82, 2.24) is 4.90 Å². The molecule has 0 spiro atoms. The molecular formula is C14H22N2. The molecular weight excluding hydrogens is 196 g/mol. The smallest absolute Gasteiger partial charge is 0.0234 e. The van der Waals surface area contributed by atoms with Crippen molar-refractivity contribution in [1.29, 1.82) is 0 Å². The predicted octanol–water partition coefficient (Wildman–Crippen LogP) is 2.41. The Morgan fingerprint density at radius 3 is 2.50 bits per heavy atom. The van der Waals surface area contributed by atoms with Gasteiger partial charge < -0.3 is 5.73 Å². The largest absolute Gasteiger partial charge is 0.329 e. The summed E-state index contributed by atoms with van der Waals surface area (Å²) in [6.45, 7) is 9.69. The van der Waals surface area contributed by atoms with Crippen LogP contribution in [-0.2, 0) is 6.54 Å². The highest BCUT2D eigenvalue weighted by Crippen LogP contribution is 2.06. The lowest BCUT2D eigenvalue weighted by atomic mass is 10.2. The van der Waals surface area contributed by atoms with Crippen molar-refractivity contribution in [2.24, 2.45) is 5.73 Å². The van der Waals surface area contributed by atoms with Crippen molar-refractivity contribution in [3.63, 3.8) is 0 Å². The van der Waals surface area contributed by atoms with Gasteiger partial charge in [-0.15, -0.1) is 6.58 Å². The van der Waals surface area contributed by atoms with Crippen LogP contribution < -0.4 is 5.73 Å². The molecule has 0 atom stereocenters. The Labute approximate surface area is 98.8 Å². The van der Waals surface area contributed by atoms with Crippen LogP contribution in [0.25, 0.3) is 0 Å². The summed E-state index contributed by atoms with van der Waals surface area (Å²) in [5.74, 6) is 0. The normalized spacial score (nSPS) is 10.7. The summed E-state index contributed by atoms with van der Waals surface area (Å²) in [5.41, 5.74) is 8.20. The molecule has 0 aliphatic heterocycles. The third kappa shape index (κ3) is 5.10. The van der Waals surface area contributed by atoms with Crippen LogP contribution in [0.1, 0.15) is 18.9 Å². The molecule has 1 aromatic rings. The summed E-state index contributed by atoms with van der Waals surface area (Å²) in [5, 5.41) is 0. The first kappa shape index (κ1) is 12.9. The average molecular weight is 218 g/mol. The van der Waals surface area contributed by atoms with Crippen LogP contribution in [0.4, 0.5) is 0 Å². The van der Waals surface area contributed by atoms with Gasteiger partial charge in [-0.05, 0) is 18.9 Å². The Hall–Kier alpha value is -1.12. The molecule has 0 saturated heterocycles.